The topological polar surface area (TPSA) is 90.1 Å². The minimum absolute atomic E-state index is 0.252. The number of nitrogens with two attached hydrogens (primary N) is 1. The third kappa shape index (κ3) is 3.76. The first-order chi connectivity index (χ1) is 10.1. The molecule has 21 heavy (non-hydrogen) atoms. The minimum atomic E-state index is -0.252. The highest BCUT2D eigenvalue weighted by Crippen LogP contribution is 2.24. The van der Waals surface area contributed by atoms with Gasteiger partial charge in [0, 0.05) is 19.2 Å². The Kier molecular flexibility index (Phi) is 4.84. The van der Waals surface area contributed by atoms with Crippen molar-refractivity contribution in [1.82, 2.24) is 15.5 Å². The van der Waals surface area contributed by atoms with E-state index in [2.05, 4.69) is 15.5 Å². The number of carbonyl (C=O) groups is 1. The summed E-state index contributed by atoms with van der Waals surface area (Å²) < 4.78 is 5.69. The van der Waals surface area contributed by atoms with Crippen molar-refractivity contribution in [3.8, 4) is 11.6 Å². The van der Waals surface area contributed by atoms with Gasteiger partial charge in [-0.05, 0) is 37.1 Å². The second-order valence-electron chi connectivity index (χ2n) is 4.52. The summed E-state index contributed by atoms with van der Waals surface area (Å²) in [7, 11) is 0. The van der Waals surface area contributed by atoms with Gasteiger partial charge in [0.2, 0.25) is 5.88 Å². The van der Waals surface area contributed by atoms with Gasteiger partial charge in [0.15, 0.2) is 5.69 Å². The van der Waals surface area contributed by atoms with Crippen LogP contribution in [0.1, 0.15) is 28.5 Å². The van der Waals surface area contributed by atoms with Gasteiger partial charge in [0.25, 0.3) is 5.91 Å². The summed E-state index contributed by atoms with van der Waals surface area (Å²) in [5, 5.41) is 10.4. The summed E-state index contributed by atoms with van der Waals surface area (Å²) >= 11 is 0. The number of ether oxygens (including phenoxy) is 1. The highest BCUT2D eigenvalue weighted by Gasteiger charge is 2.08. The fourth-order valence-corrected chi connectivity index (χ4v) is 1.74. The summed E-state index contributed by atoms with van der Waals surface area (Å²) in [5.41, 5.74) is 7.83. The molecule has 110 valence electrons. The van der Waals surface area contributed by atoms with Crippen LogP contribution in [0.3, 0.4) is 0 Å². The van der Waals surface area contributed by atoms with Crippen LogP contribution in [0.2, 0.25) is 0 Å². The van der Waals surface area contributed by atoms with Crippen LogP contribution in [0.4, 0.5) is 0 Å². The number of nitrogens with one attached hydrogen (secondary N) is 1. The molecule has 1 aromatic heterocycles. The smallest absolute Gasteiger partial charge is 0.271 e. The van der Waals surface area contributed by atoms with Gasteiger partial charge in [0.05, 0.1) is 0 Å². The fraction of sp³-hybridized carbons (Fsp3) is 0.267. The molecule has 2 rings (SSSR count). The Balaban J connectivity index is 2.15. The van der Waals surface area contributed by atoms with Crippen LogP contribution < -0.4 is 15.8 Å². The Labute approximate surface area is 123 Å². The Morgan fingerprint density at radius 2 is 2.10 bits per heavy atom. The lowest BCUT2D eigenvalue weighted by Gasteiger charge is -2.09. The van der Waals surface area contributed by atoms with Crippen molar-refractivity contribution in [2.45, 2.75) is 20.4 Å². The maximum absolute atomic E-state index is 11.6. The van der Waals surface area contributed by atoms with E-state index < -0.39 is 0 Å². The van der Waals surface area contributed by atoms with Crippen molar-refractivity contribution in [3.05, 3.63) is 47.2 Å². The van der Waals surface area contributed by atoms with Crippen LogP contribution >= 0.6 is 0 Å². The molecule has 0 aliphatic rings. The van der Waals surface area contributed by atoms with Crippen LogP contribution in [0.15, 0.2) is 30.3 Å². The molecule has 0 aliphatic heterocycles. The maximum atomic E-state index is 11.6. The van der Waals surface area contributed by atoms with Crippen LogP contribution in [-0.2, 0) is 6.54 Å². The zero-order chi connectivity index (χ0) is 15.2. The first kappa shape index (κ1) is 14.9. The second kappa shape index (κ2) is 6.81. The molecule has 0 aliphatic carbocycles. The Hall–Kier alpha value is -2.47. The van der Waals surface area contributed by atoms with Gasteiger partial charge in [-0.3, -0.25) is 4.79 Å². The van der Waals surface area contributed by atoms with Crippen molar-refractivity contribution in [3.63, 3.8) is 0 Å². The monoisotopic (exact) mass is 286 g/mol. The van der Waals surface area contributed by atoms with Crippen molar-refractivity contribution in [2.24, 2.45) is 5.73 Å². The summed E-state index contributed by atoms with van der Waals surface area (Å²) in [6.07, 6.45) is 0. The molecule has 2 aromatic rings. The third-order valence-corrected chi connectivity index (χ3v) is 2.91. The molecule has 0 atom stereocenters. The zero-order valence-electron chi connectivity index (χ0n) is 12.1. The molecule has 0 fully saturated rings. The number of aryl methyl sites for hydroxylation is 1. The number of carbonyl (C=O) groups excluding carboxylic acids is 1. The van der Waals surface area contributed by atoms with Crippen molar-refractivity contribution in [2.75, 3.05) is 6.54 Å². The average molecular weight is 286 g/mol. The van der Waals surface area contributed by atoms with Crippen LogP contribution in [0, 0.1) is 6.92 Å². The van der Waals surface area contributed by atoms with Gasteiger partial charge in [-0.25, -0.2) is 0 Å². The van der Waals surface area contributed by atoms with Crippen molar-refractivity contribution < 1.29 is 9.53 Å². The lowest BCUT2D eigenvalue weighted by molar-refractivity contribution is 0.0949. The third-order valence-electron chi connectivity index (χ3n) is 2.91. The first-order valence-corrected chi connectivity index (χ1v) is 6.73. The zero-order valence-corrected chi connectivity index (χ0v) is 12.1. The molecular formula is C15H18N4O2. The number of aromatic nitrogens is 2. The highest BCUT2D eigenvalue weighted by atomic mass is 16.5. The number of hydrogen-bond acceptors (Lipinski definition) is 5. The van der Waals surface area contributed by atoms with Gasteiger partial charge in [0.1, 0.15) is 5.75 Å². The quantitative estimate of drug-likeness (QED) is 0.874. The number of rotatable bonds is 5. The maximum Gasteiger partial charge on any atom is 0.271 e. The average Bonchev–Trinajstić information content (AvgIpc) is 2.50. The SMILES string of the molecule is CCNC(=O)c1ccc(Oc2cc(CN)ccc2C)nn1. The first-order valence-electron chi connectivity index (χ1n) is 6.73. The molecule has 0 unspecified atom stereocenters. The van der Waals surface area contributed by atoms with E-state index in [0.29, 0.717) is 24.7 Å². The fourth-order valence-electron chi connectivity index (χ4n) is 1.74. The van der Waals surface area contributed by atoms with E-state index in [-0.39, 0.29) is 11.6 Å². The highest BCUT2D eigenvalue weighted by molar-refractivity contribution is 5.91. The predicted molar refractivity (Wildman–Crippen MR) is 79.2 cm³/mol. The number of amides is 1. The van der Waals surface area contributed by atoms with E-state index >= 15 is 0 Å². The Morgan fingerprint density at radius 3 is 2.71 bits per heavy atom. The molecule has 0 saturated heterocycles. The summed E-state index contributed by atoms with van der Waals surface area (Å²) in [6, 6.07) is 8.95. The number of nitrogens with zero attached hydrogens (tertiary/aromatic N) is 2. The van der Waals surface area contributed by atoms with Gasteiger partial charge in [-0.15, -0.1) is 10.2 Å². The van der Waals surface area contributed by atoms with Gasteiger partial charge < -0.3 is 15.8 Å². The molecule has 0 saturated carbocycles. The lowest BCUT2D eigenvalue weighted by atomic mass is 10.1. The lowest BCUT2D eigenvalue weighted by Crippen LogP contribution is -2.23. The van der Waals surface area contributed by atoms with E-state index in [1.807, 2.05) is 32.0 Å². The van der Waals surface area contributed by atoms with Gasteiger partial charge >= 0.3 is 0 Å². The standard InChI is InChI=1S/C15H18N4O2/c1-3-17-15(20)12-6-7-14(19-18-12)21-13-8-11(9-16)5-4-10(13)2/h4-8H,3,9,16H2,1-2H3,(H,17,20). The normalized spacial score (nSPS) is 10.2. The van der Waals surface area contributed by atoms with Crippen LogP contribution in [-0.4, -0.2) is 22.6 Å². The Morgan fingerprint density at radius 1 is 1.29 bits per heavy atom. The van der Waals surface area contributed by atoms with E-state index in [1.165, 1.54) is 0 Å². The molecular weight excluding hydrogens is 268 g/mol. The molecule has 0 spiro atoms. The molecule has 1 aromatic carbocycles. The van der Waals surface area contributed by atoms with Crippen LogP contribution in [0.25, 0.3) is 0 Å². The molecule has 1 amide bonds. The number of hydrogen-bond donors (Lipinski definition) is 2. The second-order valence-corrected chi connectivity index (χ2v) is 4.52. The summed E-state index contributed by atoms with van der Waals surface area (Å²) in [5.74, 6) is 0.760. The van der Waals surface area contributed by atoms with E-state index in [0.717, 1.165) is 11.1 Å². The molecule has 3 N–H and O–H groups in total. The summed E-state index contributed by atoms with van der Waals surface area (Å²) in [6.45, 7) is 4.77. The van der Waals surface area contributed by atoms with Gasteiger partial charge in [-0.2, -0.15) is 0 Å². The largest absolute Gasteiger partial charge is 0.437 e. The minimum Gasteiger partial charge on any atom is -0.437 e. The number of benzene rings is 1. The van der Waals surface area contributed by atoms with Crippen LogP contribution in [0.5, 0.6) is 11.6 Å². The predicted octanol–water partition coefficient (Wildman–Crippen LogP) is 1.79. The van der Waals surface area contributed by atoms with Crippen molar-refractivity contribution >= 4 is 5.91 Å². The van der Waals surface area contributed by atoms with E-state index in [4.69, 9.17) is 10.5 Å². The molecule has 0 bridgehead atoms. The van der Waals surface area contributed by atoms with E-state index in [9.17, 15) is 4.79 Å². The molecule has 0 radical (unpaired) electrons. The summed E-state index contributed by atoms with van der Waals surface area (Å²) in [4.78, 5) is 11.6. The van der Waals surface area contributed by atoms with Gasteiger partial charge in [-0.1, -0.05) is 12.1 Å². The molecule has 6 heteroatoms. The molecule has 1 heterocycles. The van der Waals surface area contributed by atoms with E-state index in [1.54, 1.807) is 12.1 Å². The molecule has 6 nitrogen and oxygen atoms in total. The van der Waals surface area contributed by atoms with Crippen molar-refractivity contribution in [1.29, 1.82) is 0 Å². The Bertz CT molecular complexity index is 626.